The Morgan fingerprint density at radius 1 is 1.10 bits per heavy atom. The summed E-state index contributed by atoms with van der Waals surface area (Å²) < 4.78 is 61.7. The van der Waals surface area contributed by atoms with Crippen molar-refractivity contribution in [3.63, 3.8) is 0 Å². The van der Waals surface area contributed by atoms with Crippen LogP contribution < -0.4 is 15.2 Å². The van der Waals surface area contributed by atoms with Crippen molar-refractivity contribution >= 4 is 32.7 Å². The average molecular weight is 445 g/mol. The SMILES string of the molecule is COc1ncc(-c2ccc3nc(N)n(C)c3c2)cc1NS(=O)(=O)c1ccc(F)cc1F. The first-order valence-corrected chi connectivity index (χ1v) is 10.4. The van der Waals surface area contributed by atoms with Crippen LogP contribution in [0.2, 0.25) is 0 Å². The Balaban J connectivity index is 1.77. The number of nitrogens with one attached hydrogen (secondary N) is 1. The molecule has 2 aromatic heterocycles. The zero-order chi connectivity index (χ0) is 22.3. The Morgan fingerprint density at radius 2 is 1.87 bits per heavy atom. The normalized spacial score (nSPS) is 11.6. The van der Waals surface area contributed by atoms with E-state index in [2.05, 4.69) is 14.7 Å². The molecule has 0 spiro atoms. The molecular weight excluding hydrogens is 428 g/mol. The fourth-order valence-corrected chi connectivity index (χ4v) is 4.24. The number of nitrogens with zero attached hydrogens (tertiary/aromatic N) is 3. The Labute approximate surface area is 176 Å². The van der Waals surface area contributed by atoms with Crippen molar-refractivity contribution < 1.29 is 21.9 Å². The van der Waals surface area contributed by atoms with E-state index in [-0.39, 0.29) is 11.6 Å². The van der Waals surface area contributed by atoms with Crippen molar-refractivity contribution in [3.8, 4) is 17.0 Å². The van der Waals surface area contributed by atoms with E-state index in [1.807, 2.05) is 6.07 Å². The van der Waals surface area contributed by atoms with Crippen molar-refractivity contribution in [2.24, 2.45) is 7.05 Å². The molecule has 3 N–H and O–H groups in total. The fraction of sp³-hybridized carbons (Fsp3) is 0.100. The minimum atomic E-state index is -4.37. The molecule has 0 aliphatic heterocycles. The van der Waals surface area contributed by atoms with Gasteiger partial charge in [-0.2, -0.15) is 0 Å². The lowest BCUT2D eigenvalue weighted by molar-refractivity contribution is 0.400. The standard InChI is InChI=1S/C20H17F2N5O3S/c1-27-17-8-11(3-5-15(17)25-20(27)23)12-7-16(19(30-2)24-10-12)26-31(28,29)18-6-4-13(21)9-14(18)22/h3-10,26H,1-2H3,(H2,23,25). The first-order chi connectivity index (χ1) is 14.7. The molecule has 2 aromatic carbocycles. The monoisotopic (exact) mass is 445 g/mol. The number of sulfonamides is 1. The molecule has 160 valence electrons. The van der Waals surface area contributed by atoms with Crippen molar-refractivity contribution in [2.45, 2.75) is 4.90 Å². The Hall–Kier alpha value is -3.73. The van der Waals surface area contributed by atoms with Gasteiger partial charge in [0.05, 0.1) is 18.1 Å². The number of fused-ring (bicyclic) bond motifs is 1. The van der Waals surface area contributed by atoms with Crippen LogP contribution in [0.4, 0.5) is 20.4 Å². The minimum absolute atomic E-state index is 0.00616. The molecule has 0 unspecified atom stereocenters. The van der Waals surface area contributed by atoms with Crippen molar-refractivity contribution in [3.05, 3.63) is 60.3 Å². The van der Waals surface area contributed by atoms with E-state index in [9.17, 15) is 17.2 Å². The summed E-state index contributed by atoms with van der Waals surface area (Å²) in [5.74, 6) is -1.76. The number of aryl methyl sites for hydroxylation is 1. The van der Waals surface area contributed by atoms with Crippen molar-refractivity contribution in [1.82, 2.24) is 14.5 Å². The lowest BCUT2D eigenvalue weighted by Gasteiger charge is -2.13. The minimum Gasteiger partial charge on any atom is -0.480 e. The molecule has 0 bridgehead atoms. The number of halogens is 2. The summed E-state index contributed by atoms with van der Waals surface area (Å²) >= 11 is 0. The van der Waals surface area contributed by atoms with Gasteiger partial charge in [-0.25, -0.2) is 27.2 Å². The highest BCUT2D eigenvalue weighted by molar-refractivity contribution is 7.92. The molecule has 0 radical (unpaired) electrons. The van der Waals surface area contributed by atoms with Gasteiger partial charge in [0.25, 0.3) is 10.0 Å². The van der Waals surface area contributed by atoms with Crippen LogP contribution in [0.1, 0.15) is 0 Å². The molecule has 0 saturated heterocycles. The molecule has 4 aromatic rings. The number of nitrogens with two attached hydrogens (primary N) is 1. The van der Waals surface area contributed by atoms with Crippen LogP contribution in [-0.2, 0) is 17.1 Å². The van der Waals surface area contributed by atoms with Gasteiger partial charge >= 0.3 is 0 Å². The maximum absolute atomic E-state index is 14.0. The molecule has 11 heteroatoms. The smallest absolute Gasteiger partial charge is 0.264 e. The summed E-state index contributed by atoms with van der Waals surface area (Å²) in [6.07, 6.45) is 1.51. The van der Waals surface area contributed by atoms with Gasteiger partial charge in [0.2, 0.25) is 11.8 Å². The number of rotatable bonds is 5. The van der Waals surface area contributed by atoms with E-state index in [0.717, 1.165) is 23.2 Å². The number of hydrogen-bond acceptors (Lipinski definition) is 6. The largest absolute Gasteiger partial charge is 0.480 e. The molecule has 0 amide bonds. The van der Waals surface area contributed by atoms with Gasteiger partial charge in [0, 0.05) is 24.9 Å². The third-order valence-electron chi connectivity index (χ3n) is 4.72. The van der Waals surface area contributed by atoms with Crippen LogP contribution in [-0.4, -0.2) is 30.1 Å². The lowest BCUT2D eigenvalue weighted by Crippen LogP contribution is -2.15. The molecule has 0 aliphatic carbocycles. The van der Waals surface area contributed by atoms with Gasteiger partial charge in [-0.05, 0) is 35.9 Å². The molecule has 8 nitrogen and oxygen atoms in total. The van der Waals surface area contributed by atoms with Gasteiger partial charge in [0.15, 0.2) is 0 Å². The summed E-state index contributed by atoms with van der Waals surface area (Å²) in [4.78, 5) is 7.68. The molecule has 4 rings (SSSR count). The third-order valence-corrected chi connectivity index (χ3v) is 6.12. The topological polar surface area (TPSA) is 112 Å². The molecule has 31 heavy (non-hydrogen) atoms. The van der Waals surface area contributed by atoms with Gasteiger partial charge in [-0.1, -0.05) is 6.07 Å². The third kappa shape index (κ3) is 3.75. The van der Waals surface area contributed by atoms with Crippen LogP contribution in [0.15, 0.2) is 53.6 Å². The number of pyridine rings is 1. The van der Waals surface area contributed by atoms with Crippen molar-refractivity contribution in [2.75, 3.05) is 17.6 Å². The van der Waals surface area contributed by atoms with Crippen LogP contribution in [0.3, 0.4) is 0 Å². The number of imidazole rings is 1. The highest BCUT2D eigenvalue weighted by Crippen LogP contribution is 2.32. The second-order valence-corrected chi connectivity index (χ2v) is 8.34. The van der Waals surface area contributed by atoms with E-state index in [4.69, 9.17) is 10.5 Å². The number of ether oxygens (including phenoxy) is 1. The number of anilines is 2. The first-order valence-electron chi connectivity index (χ1n) is 8.94. The van der Waals surface area contributed by atoms with Gasteiger partial charge < -0.3 is 15.0 Å². The zero-order valence-electron chi connectivity index (χ0n) is 16.4. The van der Waals surface area contributed by atoms with Crippen LogP contribution in [0.25, 0.3) is 22.2 Å². The van der Waals surface area contributed by atoms with Crippen LogP contribution in [0, 0.1) is 11.6 Å². The zero-order valence-corrected chi connectivity index (χ0v) is 17.2. The number of hydrogen-bond donors (Lipinski definition) is 2. The first kappa shape index (κ1) is 20.5. The summed E-state index contributed by atoms with van der Waals surface area (Å²) in [5.41, 5.74) is 8.61. The Kier molecular flexibility index (Phi) is 4.97. The molecule has 0 atom stereocenters. The van der Waals surface area contributed by atoms with E-state index < -0.39 is 26.6 Å². The second-order valence-electron chi connectivity index (χ2n) is 6.69. The van der Waals surface area contributed by atoms with E-state index in [0.29, 0.717) is 23.1 Å². The maximum atomic E-state index is 14.0. The molecular formula is C20H17F2N5O3S. The lowest BCUT2D eigenvalue weighted by atomic mass is 10.1. The predicted molar refractivity (Wildman–Crippen MR) is 112 cm³/mol. The van der Waals surface area contributed by atoms with Gasteiger partial charge in [0.1, 0.15) is 22.2 Å². The van der Waals surface area contributed by atoms with Crippen molar-refractivity contribution in [1.29, 1.82) is 0 Å². The highest BCUT2D eigenvalue weighted by atomic mass is 32.2. The molecule has 2 heterocycles. The highest BCUT2D eigenvalue weighted by Gasteiger charge is 2.22. The van der Waals surface area contributed by atoms with E-state index >= 15 is 0 Å². The van der Waals surface area contributed by atoms with E-state index in [1.54, 1.807) is 23.7 Å². The molecule has 0 aliphatic rings. The van der Waals surface area contributed by atoms with E-state index in [1.165, 1.54) is 19.4 Å². The van der Waals surface area contributed by atoms with Gasteiger partial charge in [-0.3, -0.25) is 4.72 Å². The number of methoxy groups -OCH3 is 1. The number of nitrogen functional groups attached to an aromatic ring is 1. The number of aromatic nitrogens is 3. The maximum Gasteiger partial charge on any atom is 0.264 e. The molecule has 0 saturated carbocycles. The number of benzene rings is 2. The summed E-state index contributed by atoms with van der Waals surface area (Å²) in [6, 6.07) is 9.11. The quantitative estimate of drug-likeness (QED) is 0.488. The predicted octanol–water partition coefficient (Wildman–Crippen LogP) is 3.31. The average Bonchev–Trinajstić information content (AvgIpc) is 3.00. The summed E-state index contributed by atoms with van der Waals surface area (Å²) in [7, 11) is -1.28. The van der Waals surface area contributed by atoms with Gasteiger partial charge in [-0.15, -0.1) is 0 Å². The second kappa shape index (κ2) is 7.51. The van der Waals surface area contributed by atoms with Crippen LogP contribution >= 0.6 is 0 Å². The van der Waals surface area contributed by atoms with Crippen LogP contribution in [0.5, 0.6) is 5.88 Å². The molecule has 0 fully saturated rings. The summed E-state index contributed by atoms with van der Waals surface area (Å²) in [6.45, 7) is 0. The Morgan fingerprint density at radius 3 is 2.58 bits per heavy atom. The summed E-state index contributed by atoms with van der Waals surface area (Å²) in [5, 5.41) is 0. The fourth-order valence-electron chi connectivity index (χ4n) is 3.13. The Bertz CT molecular complexity index is 1420.